The van der Waals surface area contributed by atoms with Crippen molar-refractivity contribution in [1.82, 2.24) is 0 Å². The van der Waals surface area contributed by atoms with E-state index in [1.807, 2.05) is 23.6 Å². The monoisotopic (exact) mass is 488 g/mol. The maximum absolute atomic E-state index is 12.9. The van der Waals surface area contributed by atoms with E-state index in [0.29, 0.717) is 10.6 Å². The summed E-state index contributed by atoms with van der Waals surface area (Å²) < 4.78 is 0. The number of carboxylic acids is 1. The second kappa shape index (κ2) is 10.6. The summed E-state index contributed by atoms with van der Waals surface area (Å²) in [6.45, 7) is 0.969. The van der Waals surface area contributed by atoms with E-state index in [4.69, 9.17) is 0 Å². The molecule has 6 heteroatoms. The molecule has 1 atom stereocenters. The van der Waals surface area contributed by atoms with Crippen molar-refractivity contribution in [2.45, 2.75) is 57.3 Å². The fourth-order valence-corrected chi connectivity index (χ4v) is 6.55. The summed E-state index contributed by atoms with van der Waals surface area (Å²) in [4.78, 5) is 25.1. The van der Waals surface area contributed by atoms with Crippen molar-refractivity contribution in [2.24, 2.45) is 5.92 Å². The summed E-state index contributed by atoms with van der Waals surface area (Å²) in [5.41, 5.74) is 5.23. The van der Waals surface area contributed by atoms with Crippen LogP contribution < -0.4 is 10.6 Å². The predicted octanol–water partition coefficient (Wildman–Crippen LogP) is 6.96. The quantitative estimate of drug-likeness (QED) is 0.336. The summed E-state index contributed by atoms with van der Waals surface area (Å²) in [6.07, 6.45) is 9.26. The van der Waals surface area contributed by atoms with Crippen LogP contribution >= 0.6 is 11.3 Å². The van der Waals surface area contributed by atoms with E-state index in [-0.39, 0.29) is 17.4 Å². The predicted molar refractivity (Wildman–Crippen MR) is 142 cm³/mol. The SMILES string of the molecule is O=C(Nc1scc(C2CCc3ccccc3C2)c1C(=O)O)c1ccc(NCC2CCCCC2)cc1. The molecule has 3 N–H and O–H groups in total. The van der Waals surface area contributed by atoms with Crippen LogP contribution in [0.1, 0.15) is 81.8 Å². The molecular formula is C29H32N2O3S. The minimum atomic E-state index is -0.988. The number of nitrogens with one attached hydrogen (secondary N) is 2. The van der Waals surface area contributed by atoms with E-state index >= 15 is 0 Å². The molecule has 0 saturated heterocycles. The topological polar surface area (TPSA) is 78.4 Å². The number of hydrogen-bond acceptors (Lipinski definition) is 4. The van der Waals surface area contributed by atoms with Crippen molar-refractivity contribution in [3.63, 3.8) is 0 Å². The van der Waals surface area contributed by atoms with Gasteiger partial charge in [0, 0.05) is 17.8 Å². The van der Waals surface area contributed by atoms with Gasteiger partial charge in [0.05, 0.1) is 5.56 Å². The number of carboxylic acid groups (broad SMARTS) is 1. The molecule has 182 valence electrons. The number of benzene rings is 2. The fourth-order valence-electron chi connectivity index (χ4n) is 5.52. The van der Waals surface area contributed by atoms with Crippen LogP contribution in [0.4, 0.5) is 10.7 Å². The van der Waals surface area contributed by atoms with Crippen LogP contribution in [0, 0.1) is 5.92 Å². The van der Waals surface area contributed by atoms with Gasteiger partial charge in [-0.05, 0) is 90.3 Å². The van der Waals surface area contributed by atoms with Gasteiger partial charge in [-0.3, -0.25) is 4.79 Å². The molecule has 0 bridgehead atoms. The van der Waals surface area contributed by atoms with Gasteiger partial charge in [0.15, 0.2) is 0 Å². The van der Waals surface area contributed by atoms with E-state index in [0.717, 1.165) is 43.0 Å². The van der Waals surface area contributed by atoms with Gasteiger partial charge in [-0.25, -0.2) is 4.79 Å². The van der Waals surface area contributed by atoms with Gasteiger partial charge in [-0.2, -0.15) is 0 Å². The molecule has 0 spiro atoms. The highest BCUT2D eigenvalue weighted by Crippen LogP contribution is 2.40. The first-order valence-corrected chi connectivity index (χ1v) is 13.5. The van der Waals surface area contributed by atoms with Crippen LogP contribution in [0.15, 0.2) is 53.9 Å². The summed E-state index contributed by atoms with van der Waals surface area (Å²) >= 11 is 1.30. The van der Waals surface area contributed by atoms with E-state index in [2.05, 4.69) is 28.8 Å². The Balaban J connectivity index is 1.25. The van der Waals surface area contributed by atoms with Crippen LogP contribution in [0.3, 0.4) is 0 Å². The Morgan fingerprint density at radius 3 is 2.43 bits per heavy atom. The van der Waals surface area contributed by atoms with Crippen molar-refractivity contribution in [3.05, 3.63) is 81.7 Å². The average Bonchev–Trinajstić information content (AvgIpc) is 3.32. The molecule has 1 saturated carbocycles. The minimum Gasteiger partial charge on any atom is -0.478 e. The minimum absolute atomic E-state index is 0.146. The fraction of sp³-hybridized carbons (Fsp3) is 0.379. The normalized spacial score (nSPS) is 18.0. The zero-order valence-electron chi connectivity index (χ0n) is 19.9. The summed E-state index contributed by atoms with van der Waals surface area (Å²) in [6, 6.07) is 15.8. The molecule has 3 aromatic rings. The third kappa shape index (κ3) is 5.43. The molecule has 1 fully saturated rings. The largest absolute Gasteiger partial charge is 0.478 e. The van der Waals surface area contributed by atoms with Crippen molar-refractivity contribution >= 4 is 33.9 Å². The molecule has 0 radical (unpaired) electrons. The second-order valence-corrected chi connectivity index (χ2v) is 10.7. The number of aromatic carboxylic acids is 1. The number of aryl methyl sites for hydroxylation is 1. The lowest BCUT2D eigenvalue weighted by molar-refractivity contribution is 0.0696. The molecule has 2 aliphatic carbocycles. The second-order valence-electron chi connectivity index (χ2n) is 9.83. The van der Waals surface area contributed by atoms with E-state index in [1.54, 1.807) is 12.1 Å². The van der Waals surface area contributed by atoms with E-state index in [9.17, 15) is 14.7 Å². The molecule has 1 unspecified atom stereocenters. The van der Waals surface area contributed by atoms with Crippen LogP contribution in [0.25, 0.3) is 0 Å². The van der Waals surface area contributed by atoms with Gasteiger partial charge in [0.25, 0.3) is 5.91 Å². The molecule has 1 heterocycles. The molecule has 35 heavy (non-hydrogen) atoms. The molecule has 2 aliphatic rings. The number of fused-ring (bicyclic) bond motifs is 1. The number of thiophene rings is 1. The highest BCUT2D eigenvalue weighted by Gasteiger charge is 2.28. The highest BCUT2D eigenvalue weighted by molar-refractivity contribution is 7.15. The van der Waals surface area contributed by atoms with Gasteiger partial charge in [0.1, 0.15) is 5.00 Å². The average molecular weight is 489 g/mol. The Morgan fingerprint density at radius 2 is 1.69 bits per heavy atom. The number of carbonyl (C=O) groups excluding carboxylic acids is 1. The number of carbonyl (C=O) groups is 2. The van der Waals surface area contributed by atoms with E-state index in [1.165, 1.54) is 54.6 Å². The maximum Gasteiger partial charge on any atom is 0.339 e. The van der Waals surface area contributed by atoms with Crippen molar-refractivity contribution in [2.75, 3.05) is 17.2 Å². The Bertz CT molecular complexity index is 1190. The van der Waals surface area contributed by atoms with Gasteiger partial charge in [-0.1, -0.05) is 43.5 Å². The third-order valence-electron chi connectivity index (χ3n) is 7.51. The van der Waals surface area contributed by atoms with Gasteiger partial charge in [0.2, 0.25) is 0 Å². The van der Waals surface area contributed by atoms with Crippen LogP contribution in [0.5, 0.6) is 0 Å². The number of amides is 1. The summed E-state index contributed by atoms with van der Waals surface area (Å²) in [7, 11) is 0. The smallest absolute Gasteiger partial charge is 0.339 e. The molecule has 2 aromatic carbocycles. The van der Waals surface area contributed by atoms with Crippen LogP contribution in [0.2, 0.25) is 0 Å². The number of anilines is 2. The molecule has 0 aliphatic heterocycles. The maximum atomic E-state index is 12.9. The van der Waals surface area contributed by atoms with Crippen LogP contribution in [-0.4, -0.2) is 23.5 Å². The standard InChI is InChI=1S/C29H32N2O3S/c32-27(21-12-14-24(15-13-21)30-17-19-6-2-1-3-7-19)31-28-26(29(33)34)25(18-35-28)23-11-10-20-8-4-5-9-22(20)16-23/h4-5,8-9,12-15,18-19,23,30H,1-3,6-7,10-11,16-17H2,(H,31,32)(H,33,34). The highest BCUT2D eigenvalue weighted by atomic mass is 32.1. The van der Waals surface area contributed by atoms with Gasteiger partial charge < -0.3 is 15.7 Å². The Kier molecular flexibility index (Phi) is 7.19. The lowest BCUT2D eigenvalue weighted by atomic mass is 9.80. The zero-order chi connectivity index (χ0) is 24.2. The first-order valence-electron chi connectivity index (χ1n) is 12.6. The third-order valence-corrected chi connectivity index (χ3v) is 8.43. The molecule has 1 amide bonds. The van der Waals surface area contributed by atoms with Gasteiger partial charge >= 0.3 is 5.97 Å². The molecule has 1 aromatic heterocycles. The van der Waals surface area contributed by atoms with Crippen molar-refractivity contribution in [1.29, 1.82) is 0 Å². The van der Waals surface area contributed by atoms with Crippen molar-refractivity contribution in [3.8, 4) is 0 Å². The lowest BCUT2D eigenvalue weighted by Crippen LogP contribution is -2.18. The lowest BCUT2D eigenvalue weighted by Gasteiger charge is -2.24. The molecular weight excluding hydrogens is 456 g/mol. The van der Waals surface area contributed by atoms with Crippen molar-refractivity contribution < 1.29 is 14.7 Å². The summed E-state index contributed by atoms with van der Waals surface area (Å²) in [5.74, 6) is -0.398. The van der Waals surface area contributed by atoms with E-state index < -0.39 is 5.97 Å². The Morgan fingerprint density at radius 1 is 0.943 bits per heavy atom. The molecule has 5 rings (SSSR count). The van der Waals surface area contributed by atoms with Crippen LogP contribution in [-0.2, 0) is 12.8 Å². The first-order chi connectivity index (χ1) is 17.1. The number of hydrogen-bond donors (Lipinski definition) is 3. The molecule has 5 nitrogen and oxygen atoms in total. The zero-order valence-corrected chi connectivity index (χ0v) is 20.7. The Hall–Kier alpha value is -3.12. The Labute approximate surface area is 210 Å². The first kappa shape index (κ1) is 23.6. The summed E-state index contributed by atoms with van der Waals surface area (Å²) in [5, 5.41) is 18.7. The number of rotatable bonds is 7. The van der Waals surface area contributed by atoms with Gasteiger partial charge in [-0.15, -0.1) is 11.3 Å².